The lowest BCUT2D eigenvalue weighted by atomic mass is 9.93. The molecule has 10 nitrogen and oxygen atoms in total. The summed E-state index contributed by atoms with van der Waals surface area (Å²) in [6.45, 7) is 3.60. The third kappa shape index (κ3) is 5.81. The van der Waals surface area contributed by atoms with Crippen LogP contribution in [0.15, 0.2) is 58.3 Å². The number of amides is 1. The molecule has 4 aromatic rings. The fourth-order valence-electron chi connectivity index (χ4n) is 6.41. The zero-order valence-electron chi connectivity index (χ0n) is 25.8. The Kier molecular flexibility index (Phi) is 8.63. The normalized spacial score (nSPS) is 16.4. The van der Waals surface area contributed by atoms with E-state index in [-0.39, 0.29) is 11.6 Å². The van der Waals surface area contributed by atoms with Gasteiger partial charge in [-0.1, -0.05) is 41.9 Å². The van der Waals surface area contributed by atoms with Crippen molar-refractivity contribution in [3.63, 3.8) is 0 Å². The fraction of sp³-hybridized carbons (Fsp3) is 0.353. The standard InChI is InChI=1S/C34H36ClN5O5/c1-19-22(24-9-6-10-27(30(24)35)37-31(41)25-18-39(2)34(43)40(3)33(25)42)7-5-8-23(19)28-17-20-11-12-26(29(20)32(38-28)44-4)36-21-13-15-45-16-14-21/h5-10,17-18,21,26,36H,11-16H2,1-4H3,(H,37,41)/t26-/m1/s1. The van der Waals surface area contributed by atoms with Gasteiger partial charge in [0, 0.05) is 62.3 Å². The summed E-state index contributed by atoms with van der Waals surface area (Å²) in [6.07, 6.45) is 5.17. The van der Waals surface area contributed by atoms with E-state index in [9.17, 15) is 14.4 Å². The van der Waals surface area contributed by atoms with Gasteiger partial charge in [-0.25, -0.2) is 9.78 Å². The molecule has 1 amide bonds. The molecule has 1 aliphatic heterocycles. The summed E-state index contributed by atoms with van der Waals surface area (Å²) in [6, 6.07) is 14.1. The van der Waals surface area contributed by atoms with E-state index < -0.39 is 17.2 Å². The van der Waals surface area contributed by atoms with Gasteiger partial charge in [0.05, 0.1) is 23.5 Å². The van der Waals surface area contributed by atoms with Crippen molar-refractivity contribution in [3.8, 4) is 28.3 Å². The molecule has 2 aromatic carbocycles. The Morgan fingerprint density at radius 1 is 1.04 bits per heavy atom. The van der Waals surface area contributed by atoms with Crippen molar-refractivity contribution in [1.29, 1.82) is 0 Å². The molecule has 2 aromatic heterocycles. The molecular weight excluding hydrogens is 594 g/mol. The summed E-state index contributed by atoms with van der Waals surface area (Å²) in [5, 5.41) is 6.90. The summed E-state index contributed by atoms with van der Waals surface area (Å²) < 4.78 is 13.5. The summed E-state index contributed by atoms with van der Waals surface area (Å²) in [5.41, 5.74) is 5.70. The highest BCUT2D eigenvalue weighted by atomic mass is 35.5. The molecule has 1 fully saturated rings. The second-order valence-corrected chi connectivity index (χ2v) is 12.0. The van der Waals surface area contributed by atoms with Crippen molar-refractivity contribution in [2.24, 2.45) is 14.1 Å². The van der Waals surface area contributed by atoms with E-state index in [1.807, 2.05) is 31.2 Å². The number of benzene rings is 2. The number of nitrogens with zero attached hydrogens (tertiary/aromatic N) is 3. The number of fused-ring (bicyclic) bond motifs is 1. The number of aromatic nitrogens is 3. The Labute approximate surface area is 266 Å². The predicted octanol–water partition coefficient (Wildman–Crippen LogP) is 4.79. The van der Waals surface area contributed by atoms with Gasteiger partial charge in [0.1, 0.15) is 5.56 Å². The first kappa shape index (κ1) is 30.8. The topological polar surface area (TPSA) is 116 Å². The van der Waals surface area contributed by atoms with E-state index in [1.165, 1.54) is 30.4 Å². The summed E-state index contributed by atoms with van der Waals surface area (Å²) in [4.78, 5) is 42.8. The van der Waals surface area contributed by atoms with Crippen LogP contribution in [0.1, 0.15) is 52.4 Å². The molecule has 1 aliphatic carbocycles. The van der Waals surface area contributed by atoms with Crippen LogP contribution in [-0.2, 0) is 25.3 Å². The molecule has 0 bridgehead atoms. The molecule has 234 valence electrons. The number of pyridine rings is 1. The first-order chi connectivity index (χ1) is 21.7. The minimum absolute atomic E-state index is 0.166. The number of methoxy groups -OCH3 is 1. The largest absolute Gasteiger partial charge is 0.481 e. The third-order valence-electron chi connectivity index (χ3n) is 8.85. The Balaban J connectivity index is 1.32. The van der Waals surface area contributed by atoms with Gasteiger partial charge in [0.15, 0.2) is 0 Å². The number of aryl methyl sites for hydroxylation is 2. The maximum atomic E-state index is 13.1. The monoisotopic (exact) mass is 629 g/mol. The van der Waals surface area contributed by atoms with Crippen LogP contribution in [0.5, 0.6) is 5.88 Å². The zero-order chi connectivity index (χ0) is 31.8. The van der Waals surface area contributed by atoms with Gasteiger partial charge in [0.25, 0.3) is 11.5 Å². The highest BCUT2D eigenvalue weighted by molar-refractivity contribution is 6.36. The molecule has 2 N–H and O–H groups in total. The first-order valence-electron chi connectivity index (χ1n) is 15.1. The van der Waals surface area contributed by atoms with Gasteiger partial charge in [-0.05, 0) is 61.4 Å². The minimum Gasteiger partial charge on any atom is -0.481 e. The first-order valence-corrected chi connectivity index (χ1v) is 15.4. The molecule has 0 radical (unpaired) electrons. The second-order valence-electron chi connectivity index (χ2n) is 11.6. The predicted molar refractivity (Wildman–Crippen MR) is 174 cm³/mol. The van der Waals surface area contributed by atoms with Gasteiger partial charge in [-0.3, -0.25) is 14.2 Å². The molecule has 11 heteroatoms. The van der Waals surface area contributed by atoms with Crippen LogP contribution >= 0.6 is 11.6 Å². The van der Waals surface area contributed by atoms with Crippen LogP contribution in [0.2, 0.25) is 5.02 Å². The number of ether oxygens (including phenoxy) is 2. The van der Waals surface area contributed by atoms with Crippen LogP contribution < -0.4 is 26.6 Å². The Morgan fingerprint density at radius 2 is 1.76 bits per heavy atom. The summed E-state index contributed by atoms with van der Waals surface area (Å²) in [5.74, 6) is -0.0172. The lowest BCUT2D eigenvalue weighted by molar-refractivity contribution is 0.0747. The number of carbonyl (C=O) groups is 1. The van der Waals surface area contributed by atoms with Crippen LogP contribution in [0.3, 0.4) is 0 Å². The number of hydrogen-bond acceptors (Lipinski definition) is 7. The Morgan fingerprint density at radius 3 is 2.51 bits per heavy atom. The maximum Gasteiger partial charge on any atom is 0.330 e. The van der Waals surface area contributed by atoms with Gasteiger partial charge in [-0.2, -0.15) is 0 Å². The van der Waals surface area contributed by atoms with Crippen LogP contribution in [0.4, 0.5) is 5.69 Å². The zero-order valence-corrected chi connectivity index (χ0v) is 26.5. The summed E-state index contributed by atoms with van der Waals surface area (Å²) in [7, 11) is 4.48. The van der Waals surface area contributed by atoms with Crippen molar-refractivity contribution in [2.45, 2.75) is 44.7 Å². The molecular formula is C34H36ClN5O5. The molecule has 1 saturated heterocycles. The van der Waals surface area contributed by atoms with E-state index in [0.29, 0.717) is 22.6 Å². The summed E-state index contributed by atoms with van der Waals surface area (Å²) >= 11 is 6.89. The number of halogens is 1. The van der Waals surface area contributed by atoms with Crippen molar-refractivity contribution in [1.82, 2.24) is 19.4 Å². The quantitative estimate of drug-likeness (QED) is 0.302. The maximum absolute atomic E-state index is 13.1. The number of anilines is 1. The van der Waals surface area contributed by atoms with E-state index in [2.05, 4.69) is 16.7 Å². The molecule has 6 rings (SSSR count). The van der Waals surface area contributed by atoms with Gasteiger partial charge < -0.3 is 24.7 Å². The van der Waals surface area contributed by atoms with E-state index >= 15 is 0 Å². The highest BCUT2D eigenvalue weighted by Gasteiger charge is 2.31. The van der Waals surface area contributed by atoms with Crippen molar-refractivity contribution in [3.05, 3.63) is 96.8 Å². The average Bonchev–Trinajstić information content (AvgIpc) is 3.45. The second kappa shape index (κ2) is 12.6. The molecule has 3 heterocycles. The van der Waals surface area contributed by atoms with Crippen molar-refractivity contribution < 1.29 is 14.3 Å². The smallest absolute Gasteiger partial charge is 0.330 e. The molecule has 2 aliphatic rings. The third-order valence-corrected chi connectivity index (χ3v) is 9.26. The average molecular weight is 630 g/mol. The van der Waals surface area contributed by atoms with Crippen molar-refractivity contribution >= 4 is 23.2 Å². The molecule has 45 heavy (non-hydrogen) atoms. The number of carbonyl (C=O) groups excluding carboxylic acids is 1. The Bertz CT molecular complexity index is 1910. The number of nitrogens with one attached hydrogen (secondary N) is 2. The SMILES string of the molecule is COc1nc(-c2cccc(-c3cccc(NC(=O)c4cn(C)c(=O)n(C)c4=O)c3Cl)c2C)cc2c1[C@H](NC1CCOCC1)CC2. The van der Waals surface area contributed by atoms with Gasteiger partial charge >= 0.3 is 5.69 Å². The van der Waals surface area contributed by atoms with E-state index in [4.69, 9.17) is 26.1 Å². The van der Waals surface area contributed by atoms with E-state index in [1.54, 1.807) is 19.2 Å². The fourth-order valence-corrected chi connectivity index (χ4v) is 6.69. The number of rotatable bonds is 7. The number of hydrogen-bond donors (Lipinski definition) is 2. The van der Waals surface area contributed by atoms with E-state index in [0.717, 1.165) is 77.0 Å². The van der Waals surface area contributed by atoms with Crippen molar-refractivity contribution in [2.75, 3.05) is 25.6 Å². The van der Waals surface area contributed by atoms with Crippen LogP contribution in [-0.4, -0.2) is 46.4 Å². The van der Waals surface area contributed by atoms with Gasteiger partial charge in [0.2, 0.25) is 5.88 Å². The lowest BCUT2D eigenvalue weighted by Gasteiger charge is -2.27. The Hall–Kier alpha value is -4.25. The van der Waals surface area contributed by atoms with Crippen LogP contribution in [0.25, 0.3) is 22.4 Å². The van der Waals surface area contributed by atoms with Crippen LogP contribution in [0, 0.1) is 6.92 Å². The molecule has 0 spiro atoms. The van der Waals surface area contributed by atoms with Gasteiger partial charge in [-0.15, -0.1) is 0 Å². The highest BCUT2D eigenvalue weighted by Crippen LogP contribution is 2.42. The lowest BCUT2D eigenvalue weighted by Crippen LogP contribution is -2.40. The minimum atomic E-state index is -0.686. The molecule has 1 atom stereocenters. The molecule has 0 saturated carbocycles. The molecule has 0 unspecified atom stereocenters.